The number of piperazine rings is 1. The summed E-state index contributed by atoms with van der Waals surface area (Å²) in [5, 5.41) is 2.63. The van der Waals surface area contributed by atoms with Gasteiger partial charge in [0.05, 0.1) is 19.9 Å². The lowest BCUT2D eigenvalue weighted by Crippen LogP contribution is -2.45. The first-order valence-electron chi connectivity index (χ1n) is 9.30. The maximum absolute atomic E-state index is 11.8. The second-order valence-electron chi connectivity index (χ2n) is 6.94. The zero-order valence-electron chi connectivity index (χ0n) is 15.6. The Balaban J connectivity index is 1.37. The fourth-order valence-electron chi connectivity index (χ4n) is 3.73. The Hall–Kier alpha value is -2.63. The van der Waals surface area contributed by atoms with Crippen LogP contribution < -0.4 is 0 Å². The van der Waals surface area contributed by atoms with Crippen LogP contribution in [0.2, 0.25) is 0 Å². The van der Waals surface area contributed by atoms with Crippen molar-refractivity contribution in [2.24, 2.45) is 0 Å². The molecule has 1 aliphatic rings. The van der Waals surface area contributed by atoms with Gasteiger partial charge in [0.25, 0.3) is 0 Å². The minimum atomic E-state index is -0.339. The van der Waals surface area contributed by atoms with E-state index in [1.165, 1.54) is 23.4 Å². The Morgan fingerprint density at radius 1 is 0.963 bits per heavy atom. The molecule has 5 nitrogen and oxygen atoms in total. The average Bonchev–Trinajstić information content (AvgIpc) is 3.17. The third kappa shape index (κ3) is 3.89. The Morgan fingerprint density at radius 2 is 1.67 bits per heavy atom. The zero-order valence-corrected chi connectivity index (χ0v) is 15.6. The number of nitrogens with zero attached hydrogens (tertiary/aromatic N) is 2. The number of carbonyl (C=O) groups excluding carboxylic acids is 1. The van der Waals surface area contributed by atoms with Gasteiger partial charge in [-0.05, 0) is 22.4 Å². The van der Waals surface area contributed by atoms with Crippen LogP contribution in [0.4, 0.5) is 0 Å². The van der Waals surface area contributed by atoms with Crippen molar-refractivity contribution in [2.45, 2.75) is 13.1 Å². The number of hydrogen-bond donors (Lipinski definition) is 0. The van der Waals surface area contributed by atoms with Crippen LogP contribution in [-0.2, 0) is 17.8 Å². The van der Waals surface area contributed by atoms with Crippen molar-refractivity contribution in [1.82, 2.24) is 9.80 Å². The van der Waals surface area contributed by atoms with Crippen molar-refractivity contribution in [3.63, 3.8) is 0 Å². The van der Waals surface area contributed by atoms with Gasteiger partial charge in [-0.3, -0.25) is 9.80 Å². The molecule has 0 spiro atoms. The van der Waals surface area contributed by atoms with Crippen LogP contribution in [0.15, 0.2) is 59.2 Å². The van der Waals surface area contributed by atoms with Crippen molar-refractivity contribution < 1.29 is 13.9 Å². The molecule has 1 saturated heterocycles. The molecule has 0 atom stereocenters. The van der Waals surface area contributed by atoms with Crippen molar-refractivity contribution in [3.8, 4) is 0 Å². The average molecular weight is 364 g/mol. The minimum absolute atomic E-state index is 0.339. The molecule has 0 amide bonds. The van der Waals surface area contributed by atoms with Gasteiger partial charge in [0, 0.05) is 32.7 Å². The molecule has 27 heavy (non-hydrogen) atoms. The van der Waals surface area contributed by atoms with Gasteiger partial charge >= 0.3 is 5.97 Å². The molecular formula is C22H24N2O3. The third-order valence-corrected chi connectivity index (χ3v) is 5.26. The molecule has 0 unspecified atom stereocenters. The predicted molar refractivity (Wildman–Crippen MR) is 105 cm³/mol. The molecule has 1 aromatic heterocycles. The molecule has 0 N–H and O–H groups in total. The number of hydrogen-bond acceptors (Lipinski definition) is 5. The van der Waals surface area contributed by atoms with E-state index in [0.29, 0.717) is 17.9 Å². The van der Waals surface area contributed by atoms with Crippen LogP contribution in [0.3, 0.4) is 0 Å². The number of benzene rings is 2. The van der Waals surface area contributed by atoms with Gasteiger partial charge in [-0.25, -0.2) is 4.79 Å². The van der Waals surface area contributed by atoms with Gasteiger partial charge in [0.1, 0.15) is 11.3 Å². The minimum Gasteiger partial charge on any atom is -0.467 e. The summed E-state index contributed by atoms with van der Waals surface area (Å²) in [6.45, 7) is 5.50. The molecule has 2 heterocycles. The van der Waals surface area contributed by atoms with E-state index in [2.05, 4.69) is 52.3 Å². The lowest BCUT2D eigenvalue weighted by molar-refractivity contribution is 0.0594. The normalized spacial score (nSPS) is 15.9. The summed E-state index contributed by atoms with van der Waals surface area (Å²) >= 11 is 0. The van der Waals surface area contributed by atoms with E-state index in [1.807, 2.05) is 0 Å². The van der Waals surface area contributed by atoms with Gasteiger partial charge in [-0.2, -0.15) is 0 Å². The van der Waals surface area contributed by atoms with Crippen molar-refractivity contribution in [1.29, 1.82) is 0 Å². The Kier molecular flexibility index (Phi) is 5.23. The summed E-state index contributed by atoms with van der Waals surface area (Å²) in [4.78, 5) is 16.6. The number of rotatable bonds is 5. The highest BCUT2D eigenvalue weighted by molar-refractivity contribution is 5.90. The molecule has 0 radical (unpaired) electrons. The van der Waals surface area contributed by atoms with Crippen LogP contribution in [0.1, 0.15) is 21.7 Å². The highest BCUT2D eigenvalue weighted by Crippen LogP contribution is 2.21. The smallest absolute Gasteiger partial charge is 0.341 e. The molecular weight excluding hydrogens is 340 g/mol. The standard InChI is InChI=1S/C22H24N2O3/c1-26-22(25)20-9-14-27-21(20)16-24-12-10-23(11-13-24)15-18-7-4-6-17-5-2-3-8-19(17)18/h2-9,14H,10-13,15-16H2,1H3. The zero-order chi connectivity index (χ0) is 18.6. The third-order valence-electron chi connectivity index (χ3n) is 5.26. The topological polar surface area (TPSA) is 45.9 Å². The first-order valence-corrected chi connectivity index (χ1v) is 9.30. The molecule has 140 valence electrons. The summed E-state index contributed by atoms with van der Waals surface area (Å²) in [5.74, 6) is 0.345. The van der Waals surface area contributed by atoms with Gasteiger partial charge in [0.15, 0.2) is 0 Å². The van der Waals surface area contributed by atoms with Crippen molar-refractivity contribution in [3.05, 3.63) is 71.7 Å². The Labute approximate surface area is 159 Å². The summed E-state index contributed by atoms with van der Waals surface area (Å²) < 4.78 is 10.3. The van der Waals surface area contributed by atoms with E-state index in [4.69, 9.17) is 9.15 Å². The van der Waals surface area contributed by atoms with E-state index < -0.39 is 0 Å². The number of carbonyl (C=O) groups is 1. The quantitative estimate of drug-likeness (QED) is 0.648. The first-order chi connectivity index (χ1) is 13.2. The summed E-state index contributed by atoms with van der Waals surface area (Å²) in [7, 11) is 1.39. The fraction of sp³-hybridized carbons (Fsp3) is 0.318. The summed E-state index contributed by atoms with van der Waals surface area (Å²) in [6.07, 6.45) is 1.55. The largest absolute Gasteiger partial charge is 0.467 e. The lowest BCUT2D eigenvalue weighted by atomic mass is 10.0. The maximum Gasteiger partial charge on any atom is 0.341 e. The highest BCUT2D eigenvalue weighted by atomic mass is 16.5. The van der Waals surface area contributed by atoms with Gasteiger partial charge in [-0.1, -0.05) is 42.5 Å². The number of esters is 1. The van der Waals surface area contributed by atoms with E-state index >= 15 is 0 Å². The van der Waals surface area contributed by atoms with E-state index in [0.717, 1.165) is 32.7 Å². The molecule has 1 fully saturated rings. The Bertz CT molecular complexity index is 921. The maximum atomic E-state index is 11.8. The van der Waals surface area contributed by atoms with Crippen LogP contribution in [0.5, 0.6) is 0 Å². The summed E-state index contributed by atoms with van der Waals surface area (Å²) in [5.41, 5.74) is 1.90. The van der Waals surface area contributed by atoms with E-state index in [9.17, 15) is 4.79 Å². The molecule has 3 aromatic rings. The number of ether oxygens (including phenoxy) is 1. The molecule has 0 aliphatic carbocycles. The fourth-order valence-corrected chi connectivity index (χ4v) is 3.73. The number of methoxy groups -OCH3 is 1. The monoisotopic (exact) mass is 364 g/mol. The second kappa shape index (κ2) is 7.94. The molecule has 0 saturated carbocycles. The molecule has 2 aromatic carbocycles. The van der Waals surface area contributed by atoms with Gasteiger partial charge in [-0.15, -0.1) is 0 Å². The van der Waals surface area contributed by atoms with Crippen molar-refractivity contribution in [2.75, 3.05) is 33.3 Å². The first kappa shape index (κ1) is 17.8. The van der Waals surface area contributed by atoms with Crippen molar-refractivity contribution >= 4 is 16.7 Å². The van der Waals surface area contributed by atoms with Gasteiger partial charge < -0.3 is 9.15 Å². The SMILES string of the molecule is COC(=O)c1ccoc1CN1CCN(Cc2cccc3ccccc23)CC1. The lowest BCUT2D eigenvalue weighted by Gasteiger charge is -2.34. The number of fused-ring (bicyclic) bond motifs is 1. The van der Waals surface area contributed by atoms with Crippen LogP contribution in [-0.4, -0.2) is 49.1 Å². The molecule has 0 bridgehead atoms. The molecule has 5 heteroatoms. The van der Waals surface area contributed by atoms with E-state index in [-0.39, 0.29) is 5.97 Å². The summed E-state index contributed by atoms with van der Waals surface area (Å²) in [6, 6.07) is 16.8. The second-order valence-corrected chi connectivity index (χ2v) is 6.94. The number of furan rings is 1. The Morgan fingerprint density at radius 3 is 2.44 bits per heavy atom. The molecule has 4 rings (SSSR count). The van der Waals surface area contributed by atoms with Crippen LogP contribution in [0, 0.1) is 0 Å². The highest BCUT2D eigenvalue weighted by Gasteiger charge is 2.22. The van der Waals surface area contributed by atoms with E-state index in [1.54, 1.807) is 12.3 Å². The van der Waals surface area contributed by atoms with Gasteiger partial charge in [0.2, 0.25) is 0 Å². The molecule has 1 aliphatic heterocycles. The predicted octanol–water partition coefficient (Wildman–Crippen LogP) is 3.54. The van der Waals surface area contributed by atoms with Crippen LogP contribution in [0.25, 0.3) is 10.8 Å². The van der Waals surface area contributed by atoms with Crippen LogP contribution >= 0.6 is 0 Å².